The molecular weight excluding hydrogens is 250 g/mol. The molecule has 1 N–H and O–H groups in total. The highest BCUT2D eigenvalue weighted by Gasteiger charge is 2.20. The molecule has 3 nitrogen and oxygen atoms in total. The smallest absolute Gasteiger partial charge is 0.314 e. The van der Waals surface area contributed by atoms with Crippen LogP contribution in [0.25, 0.3) is 0 Å². The molecule has 0 aromatic heterocycles. The van der Waals surface area contributed by atoms with Gasteiger partial charge in [-0.2, -0.15) is 0 Å². The van der Waals surface area contributed by atoms with E-state index in [4.69, 9.17) is 4.74 Å². The van der Waals surface area contributed by atoms with Gasteiger partial charge in [-0.3, -0.25) is 4.79 Å². The van der Waals surface area contributed by atoms with Crippen LogP contribution >= 0.6 is 0 Å². The zero-order valence-electron chi connectivity index (χ0n) is 11.8. The molecule has 0 aliphatic rings. The Labute approximate surface area is 119 Å². The number of carbonyl (C=O) groups is 1. The monoisotopic (exact) mass is 269 g/mol. The van der Waals surface area contributed by atoms with Crippen LogP contribution in [-0.2, 0) is 9.53 Å². The van der Waals surface area contributed by atoms with E-state index in [9.17, 15) is 4.79 Å². The molecule has 0 bridgehead atoms. The first-order valence-electron chi connectivity index (χ1n) is 6.64. The molecule has 0 aliphatic heterocycles. The first-order valence-corrected chi connectivity index (χ1v) is 6.64. The maximum atomic E-state index is 11.9. The molecular formula is C17H19NO2. The second-order valence-electron chi connectivity index (χ2n) is 4.74. The molecule has 0 saturated heterocycles. The van der Waals surface area contributed by atoms with Crippen LogP contribution in [-0.4, -0.2) is 19.6 Å². The molecule has 2 aromatic carbocycles. The molecule has 0 radical (unpaired) electrons. The van der Waals surface area contributed by atoms with Crippen molar-refractivity contribution < 1.29 is 9.53 Å². The van der Waals surface area contributed by atoms with E-state index in [1.807, 2.05) is 55.5 Å². The van der Waals surface area contributed by atoms with Crippen molar-refractivity contribution in [2.75, 3.05) is 19.0 Å². The Hall–Kier alpha value is -2.29. The van der Waals surface area contributed by atoms with Gasteiger partial charge in [-0.1, -0.05) is 42.5 Å². The minimum absolute atomic E-state index is 0.226. The van der Waals surface area contributed by atoms with Crippen LogP contribution in [0.3, 0.4) is 0 Å². The Morgan fingerprint density at radius 1 is 1.15 bits per heavy atom. The van der Waals surface area contributed by atoms with Crippen molar-refractivity contribution in [3.05, 3.63) is 65.7 Å². The molecule has 0 fully saturated rings. The van der Waals surface area contributed by atoms with Crippen molar-refractivity contribution in [1.29, 1.82) is 0 Å². The van der Waals surface area contributed by atoms with E-state index in [2.05, 4.69) is 11.4 Å². The summed E-state index contributed by atoms with van der Waals surface area (Å²) in [7, 11) is 1.42. The molecule has 2 aromatic rings. The Morgan fingerprint density at radius 2 is 1.90 bits per heavy atom. The van der Waals surface area contributed by atoms with E-state index in [1.54, 1.807) is 0 Å². The number of hydrogen-bond acceptors (Lipinski definition) is 3. The SMILES string of the molecule is COC(=O)C(CNc1cccc(C)c1)c1ccccc1. The highest BCUT2D eigenvalue weighted by atomic mass is 16.5. The van der Waals surface area contributed by atoms with Gasteiger partial charge in [0.25, 0.3) is 0 Å². The summed E-state index contributed by atoms with van der Waals surface area (Å²) in [6, 6.07) is 17.8. The van der Waals surface area contributed by atoms with Gasteiger partial charge in [0.2, 0.25) is 0 Å². The van der Waals surface area contributed by atoms with Gasteiger partial charge in [-0.25, -0.2) is 0 Å². The third kappa shape index (κ3) is 3.60. The van der Waals surface area contributed by atoms with E-state index in [1.165, 1.54) is 12.7 Å². The van der Waals surface area contributed by atoms with Crippen molar-refractivity contribution in [2.45, 2.75) is 12.8 Å². The van der Waals surface area contributed by atoms with Gasteiger partial charge < -0.3 is 10.1 Å². The van der Waals surface area contributed by atoms with Crippen LogP contribution in [0.15, 0.2) is 54.6 Å². The normalized spacial score (nSPS) is 11.7. The molecule has 0 saturated carbocycles. The quantitative estimate of drug-likeness (QED) is 0.846. The minimum atomic E-state index is -0.304. The fourth-order valence-electron chi connectivity index (χ4n) is 2.14. The molecule has 104 valence electrons. The van der Waals surface area contributed by atoms with E-state index in [-0.39, 0.29) is 11.9 Å². The average molecular weight is 269 g/mol. The highest BCUT2D eigenvalue weighted by molar-refractivity contribution is 5.78. The Kier molecular flexibility index (Phi) is 4.77. The second kappa shape index (κ2) is 6.75. The molecule has 0 amide bonds. The van der Waals surface area contributed by atoms with E-state index in [0.717, 1.165) is 11.3 Å². The largest absolute Gasteiger partial charge is 0.468 e. The number of anilines is 1. The standard InChI is InChI=1S/C17H19NO2/c1-13-7-6-10-15(11-13)18-12-16(17(19)20-2)14-8-4-3-5-9-14/h3-11,16,18H,12H2,1-2H3. The molecule has 0 spiro atoms. The number of rotatable bonds is 5. The van der Waals surface area contributed by atoms with Gasteiger partial charge in [0.1, 0.15) is 0 Å². The topological polar surface area (TPSA) is 38.3 Å². The lowest BCUT2D eigenvalue weighted by molar-refractivity contribution is -0.142. The molecule has 0 aliphatic carbocycles. The number of carbonyl (C=O) groups excluding carboxylic acids is 1. The summed E-state index contributed by atoms with van der Waals surface area (Å²) in [6.45, 7) is 2.56. The van der Waals surface area contributed by atoms with Crippen LogP contribution in [0.4, 0.5) is 5.69 Å². The first-order chi connectivity index (χ1) is 9.70. The fraction of sp³-hybridized carbons (Fsp3) is 0.235. The second-order valence-corrected chi connectivity index (χ2v) is 4.74. The van der Waals surface area contributed by atoms with Gasteiger partial charge in [0, 0.05) is 12.2 Å². The lowest BCUT2D eigenvalue weighted by Crippen LogP contribution is -2.22. The summed E-state index contributed by atoms with van der Waals surface area (Å²) in [5.41, 5.74) is 3.15. The number of ether oxygens (including phenoxy) is 1. The van der Waals surface area contributed by atoms with Crippen molar-refractivity contribution in [2.24, 2.45) is 0 Å². The van der Waals surface area contributed by atoms with Crippen molar-refractivity contribution in [1.82, 2.24) is 0 Å². The average Bonchev–Trinajstić information content (AvgIpc) is 2.48. The maximum Gasteiger partial charge on any atom is 0.314 e. The lowest BCUT2D eigenvalue weighted by Gasteiger charge is -2.16. The molecule has 20 heavy (non-hydrogen) atoms. The summed E-state index contributed by atoms with van der Waals surface area (Å²) in [4.78, 5) is 11.9. The Balaban J connectivity index is 2.11. The minimum Gasteiger partial charge on any atom is -0.468 e. The van der Waals surface area contributed by atoms with E-state index in [0.29, 0.717) is 6.54 Å². The molecule has 0 heterocycles. The summed E-state index contributed by atoms with van der Waals surface area (Å²) < 4.78 is 4.90. The van der Waals surface area contributed by atoms with Gasteiger partial charge in [0.05, 0.1) is 13.0 Å². The molecule has 1 unspecified atom stereocenters. The molecule has 1 atom stereocenters. The maximum absolute atomic E-state index is 11.9. The van der Waals surface area contributed by atoms with Crippen molar-refractivity contribution in [3.63, 3.8) is 0 Å². The number of nitrogens with one attached hydrogen (secondary N) is 1. The van der Waals surface area contributed by atoms with Crippen LogP contribution in [0.5, 0.6) is 0 Å². The van der Waals surface area contributed by atoms with Crippen LogP contribution in [0.2, 0.25) is 0 Å². The van der Waals surface area contributed by atoms with Gasteiger partial charge in [-0.05, 0) is 30.2 Å². The number of benzene rings is 2. The van der Waals surface area contributed by atoms with Gasteiger partial charge >= 0.3 is 5.97 Å². The zero-order valence-corrected chi connectivity index (χ0v) is 11.8. The first kappa shape index (κ1) is 14.1. The van der Waals surface area contributed by atoms with Crippen LogP contribution in [0, 0.1) is 6.92 Å². The Bertz CT molecular complexity index is 566. The summed E-state index contributed by atoms with van der Waals surface area (Å²) in [5.74, 6) is -0.530. The summed E-state index contributed by atoms with van der Waals surface area (Å²) >= 11 is 0. The number of esters is 1. The molecule has 2 rings (SSSR count). The third-order valence-electron chi connectivity index (χ3n) is 3.22. The predicted molar refractivity (Wildman–Crippen MR) is 80.9 cm³/mol. The van der Waals surface area contributed by atoms with E-state index < -0.39 is 0 Å². The fourth-order valence-corrected chi connectivity index (χ4v) is 2.14. The van der Waals surface area contributed by atoms with E-state index >= 15 is 0 Å². The van der Waals surface area contributed by atoms with Gasteiger partial charge in [-0.15, -0.1) is 0 Å². The van der Waals surface area contributed by atoms with Crippen LogP contribution in [0.1, 0.15) is 17.0 Å². The summed E-state index contributed by atoms with van der Waals surface area (Å²) in [6.07, 6.45) is 0. The third-order valence-corrected chi connectivity index (χ3v) is 3.22. The zero-order chi connectivity index (χ0) is 14.4. The highest BCUT2D eigenvalue weighted by Crippen LogP contribution is 2.19. The number of aryl methyl sites for hydroxylation is 1. The summed E-state index contributed by atoms with van der Waals surface area (Å²) in [5, 5.41) is 3.30. The number of hydrogen-bond donors (Lipinski definition) is 1. The van der Waals surface area contributed by atoms with Crippen LogP contribution < -0.4 is 5.32 Å². The molecule has 3 heteroatoms. The van der Waals surface area contributed by atoms with Crippen molar-refractivity contribution >= 4 is 11.7 Å². The Morgan fingerprint density at radius 3 is 2.55 bits per heavy atom. The van der Waals surface area contributed by atoms with Crippen molar-refractivity contribution in [3.8, 4) is 0 Å². The van der Waals surface area contributed by atoms with Gasteiger partial charge in [0.15, 0.2) is 0 Å². The predicted octanol–water partition coefficient (Wildman–Crippen LogP) is 3.36. The lowest BCUT2D eigenvalue weighted by atomic mass is 9.99. The number of methoxy groups -OCH3 is 1.